The summed E-state index contributed by atoms with van der Waals surface area (Å²) in [6.07, 6.45) is 1.26. The standard InChI is InChI=1S/C27H29ClN2O4S/c1-4-25(35-20-12-10-19(28)11-13-20)27(32)30-22-8-6-5-7-21(22)26(31)29-16-15-18-9-14-23(33-2)24(17-18)34-3/h5-14,17,25H,4,15-16H2,1-3H3,(H,29,31)(H,30,32)/t25-/m1/s1. The lowest BCUT2D eigenvalue weighted by atomic mass is 10.1. The van der Waals surface area contributed by atoms with Gasteiger partial charge in [0.15, 0.2) is 11.5 Å². The molecule has 0 spiro atoms. The summed E-state index contributed by atoms with van der Waals surface area (Å²) in [5, 5.41) is 6.21. The molecule has 2 N–H and O–H groups in total. The van der Waals surface area contributed by atoms with E-state index in [1.165, 1.54) is 11.8 Å². The lowest BCUT2D eigenvalue weighted by Crippen LogP contribution is -2.29. The highest BCUT2D eigenvalue weighted by molar-refractivity contribution is 8.00. The van der Waals surface area contributed by atoms with E-state index in [2.05, 4.69) is 10.6 Å². The SMILES string of the molecule is CC[C@@H](Sc1ccc(Cl)cc1)C(=O)Nc1ccccc1C(=O)NCCc1ccc(OC)c(OC)c1. The van der Waals surface area contributed by atoms with Crippen molar-refractivity contribution >= 4 is 40.9 Å². The number of hydrogen-bond donors (Lipinski definition) is 2. The molecule has 8 heteroatoms. The summed E-state index contributed by atoms with van der Waals surface area (Å²) >= 11 is 7.42. The smallest absolute Gasteiger partial charge is 0.253 e. The van der Waals surface area contributed by atoms with Crippen LogP contribution in [0.15, 0.2) is 71.6 Å². The molecule has 0 aliphatic rings. The van der Waals surface area contributed by atoms with Crippen LogP contribution in [-0.4, -0.2) is 37.8 Å². The third kappa shape index (κ3) is 7.41. The average Bonchev–Trinajstić information content (AvgIpc) is 2.88. The molecule has 0 saturated heterocycles. The zero-order chi connectivity index (χ0) is 25.2. The minimum Gasteiger partial charge on any atom is -0.493 e. The highest BCUT2D eigenvalue weighted by Gasteiger charge is 2.20. The number of benzene rings is 3. The number of thioether (sulfide) groups is 1. The van der Waals surface area contributed by atoms with Gasteiger partial charge in [-0.05, 0) is 66.9 Å². The molecule has 3 aromatic carbocycles. The van der Waals surface area contributed by atoms with Crippen molar-refractivity contribution in [3.8, 4) is 11.5 Å². The topological polar surface area (TPSA) is 76.7 Å². The molecule has 3 aromatic rings. The number of carbonyl (C=O) groups is 2. The van der Waals surface area contributed by atoms with Gasteiger partial charge in [0.1, 0.15) is 0 Å². The Labute approximate surface area is 215 Å². The van der Waals surface area contributed by atoms with Crippen LogP contribution in [0.5, 0.6) is 11.5 Å². The van der Waals surface area contributed by atoms with E-state index >= 15 is 0 Å². The molecule has 2 amide bonds. The molecule has 1 atom stereocenters. The van der Waals surface area contributed by atoms with Gasteiger partial charge < -0.3 is 20.1 Å². The second-order valence-electron chi connectivity index (χ2n) is 7.70. The second kappa shape index (κ2) is 13.1. The Bertz CT molecular complexity index is 1150. The summed E-state index contributed by atoms with van der Waals surface area (Å²) in [5.74, 6) is 0.897. The van der Waals surface area contributed by atoms with Gasteiger partial charge in [0, 0.05) is 16.5 Å². The summed E-state index contributed by atoms with van der Waals surface area (Å²) in [6, 6.07) is 20.1. The van der Waals surface area contributed by atoms with Crippen LogP contribution in [-0.2, 0) is 11.2 Å². The number of nitrogens with one attached hydrogen (secondary N) is 2. The number of halogens is 1. The van der Waals surface area contributed by atoms with E-state index in [9.17, 15) is 9.59 Å². The molecule has 0 radical (unpaired) electrons. The van der Waals surface area contributed by atoms with E-state index in [4.69, 9.17) is 21.1 Å². The Morgan fingerprint density at radius 2 is 1.69 bits per heavy atom. The van der Waals surface area contributed by atoms with E-state index in [0.29, 0.717) is 47.2 Å². The highest BCUT2D eigenvalue weighted by Crippen LogP contribution is 2.29. The number of para-hydroxylation sites is 1. The van der Waals surface area contributed by atoms with Crippen LogP contribution in [0, 0.1) is 0 Å². The Hall–Kier alpha value is -3.16. The predicted molar refractivity (Wildman–Crippen MR) is 142 cm³/mol. The molecule has 0 fully saturated rings. The first-order valence-electron chi connectivity index (χ1n) is 11.3. The Morgan fingerprint density at radius 3 is 2.37 bits per heavy atom. The predicted octanol–water partition coefficient (Wildman–Crippen LogP) is 5.84. The molecule has 3 rings (SSSR count). The minimum absolute atomic E-state index is 0.155. The van der Waals surface area contributed by atoms with Crippen molar-refractivity contribution in [2.75, 3.05) is 26.1 Å². The van der Waals surface area contributed by atoms with Crippen molar-refractivity contribution < 1.29 is 19.1 Å². The molecule has 6 nitrogen and oxygen atoms in total. The quantitative estimate of drug-likeness (QED) is 0.316. The van der Waals surface area contributed by atoms with Crippen LogP contribution < -0.4 is 20.1 Å². The number of carbonyl (C=O) groups excluding carboxylic acids is 2. The van der Waals surface area contributed by atoms with E-state index < -0.39 is 0 Å². The van der Waals surface area contributed by atoms with Gasteiger partial charge in [0.05, 0.1) is 30.7 Å². The van der Waals surface area contributed by atoms with Crippen molar-refractivity contribution in [1.29, 1.82) is 0 Å². The van der Waals surface area contributed by atoms with Gasteiger partial charge in [-0.1, -0.05) is 36.7 Å². The molecule has 0 saturated carbocycles. The zero-order valence-electron chi connectivity index (χ0n) is 20.0. The molecule has 184 valence electrons. The molecule has 0 aliphatic heterocycles. The number of methoxy groups -OCH3 is 2. The van der Waals surface area contributed by atoms with Gasteiger partial charge in [0.2, 0.25) is 5.91 Å². The monoisotopic (exact) mass is 512 g/mol. The van der Waals surface area contributed by atoms with Crippen molar-refractivity contribution in [3.05, 3.63) is 82.9 Å². The summed E-state index contributed by atoms with van der Waals surface area (Å²) < 4.78 is 10.6. The second-order valence-corrected chi connectivity index (χ2v) is 9.41. The van der Waals surface area contributed by atoms with Crippen LogP contribution in [0.3, 0.4) is 0 Å². The molecule has 0 aromatic heterocycles. The third-order valence-corrected chi connectivity index (χ3v) is 6.96. The first-order valence-corrected chi connectivity index (χ1v) is 12.5. The number of ether oxygens (including phenoxy) is 2. The van der Waals surface area contributed by atoms with Crippen LogP contribution >= 0.6 is 23.4 Å². The van der Waals surface area contributed by atoms with Gasteiger partial charge in [-0.2, -0.15) is 0 Å². The van der Waals surface area contributed by atoms with Gasteiger partial charge >= 0.3 is 0 Å². The van der Waals surface area contributed by atoms with Crippen molar-refractivity contribution in [1.82, 2.24) is 5.32 Å². The van der Waals surface area contributed by atoms with E-state index in [-0.39, 0.29) is 17.1 Å². The fraction of sp³-hybridized carbons (Fsp3) is 0.259. The van der Waals surface area contributed by atoms with Crippen LogP contribution in [0.1, 0.15) is 29.3 Å². The van der Waals surface area contributed by atoms with Crippen molar-refractivity contribution in [2.24, 2.45) is 0 Å². The minimum atomic E-state index is -0.308. The lowest BCUT2D eigenvalue weighted by molar-refractivity contribution is -0.115. The molecular weight excluding hydrogens is 484 g/mol. The Kier molecular flexibility index (Phi) is 9.87. The molecule has 0 aliphatic carbocycles. The van der Waals surface area contributed by atoms with Crippen LogP contribution in [0.2, 0.25) is 5.02 Å². The normalized spacial score (nSPS) is 11.4. The molecular formula is C27H29ClN2O4S. The number of rotatable bonds is 11. The largest absolute Gasteiger partial charge is 0.493 e. The summed E-state index contributed by atoms with van der Waals surface area (Å²) in [5.41, 5.74) is 1.91. The maximum absolute atomic E-state index is 13.0. The Morgan fingerprint density at radius 1 is 0.971 bits per heavy atom. The number of amides is 2. The fourth-order valence-electron chi connectivity index (χ4n) is 3.45. The summed E-state index contributed by atoms with van der Waals surface area (Å²) in [4.78, 5) is 26.8. The fourth-order valence-corrected chi connectivity index (χ4v) is 4.54. The van der Waals surface area contributed by atoms with Gasteiger partial charge in [-0.15, -0.1) is 11.8 Å². The van der Waals surface area contributed by atoms with E-state index in [0.717, 1.165) is 10.5 Å². The first kappa shape index (κ1) is 26.4. The van der Waals surface area contributed by atoms with Gasteiger partial charge in [-0.3, -0.25) is 9.59 Å². The first-order chi connectivity index (χ1) is 16.9. The van der Waals surface area contributed by atoms with E-state index in [1.807, 2.05) is 37.3 Å². The highest BCUT2D eigenvalue weighted by atomic mass is 35.5. The number of anilines is 1. The maximum Gasteiger partial charge on any atom is 0.253 e. The average molecular weight is 513 g/mol. The summed E-state index contributed by atoms with van der Waals surface area (Å²) in [6.45, 7) is 2.39. The molecule has 0 unspecified atom stereocenters. The number of hydrogen-bond acceptors (Lipinski definition) is 5. The van der Waals surface area contributed by atoms with Gasteiger partial charge in [0.25, 0.3) is 5.91 Å². The van der Waals surface area contributed by atoms with Crippen LogP contribution in [0.25, 0.3) is 0 Å². The van der Waals surface area contributed by atoms with Crippen molar-refractivity contribution in [3.63, 3.8) is 0 Å². The third-order valence-electron chi connectivity index (χ3n) is 5.33. The molecule has 35 heavy (non-hydrogen) atoms. The van der Waals surface area contributed by atoms with Crippen molar-refractivity contribution in [2.45, 2.75) is 29.9 Å². The zero-order valence-corrected chi connectivity index (χ0v) is 21.5. The molecule has 0 heterocycles. The van der Waals surface area contributed by atoms with E-state index in [1.54, 1.807) is 50.6 Å². The van der Waals surface area contributed by atoms with Crippen LogP contribution in [0.4, 0.5) is 5.69 Å². The molecule has 0 bridgehead atoms. The maximum atomic E-state index is 13.0. The summed E-state index contributed by atoms with van der Waals surface area (Å²) in [7, 11) is 3.18. The van der Waals surface area contributed by atoms with Gasteiger partial charge in [-0.25, -0.2) is 0 Å². The Balaban J connectivity index is 1.61. The lowest BCUT2D eigenvalue weighted by Gasteiger charge is -2.17.